The minimum absolute atomic E-state index is 0.109. The predicted octanol–water partition coefficient (Wildman–Crippen LogP) is 1.16. The molecule has 0 fully saturated rings. The monoisotopic (exact) mass is 250 g/mol. The van der Waals surface area contributed by atoms with Crippen LogP contribution in [0.4, 0.5) is 17.1 Å². The molecule has 1 rings (SSSR count). The molecule has 0 aliphatic rings. The summed E-state index contributed by atoms with van der Waals surface area (Å²) in [5, 5.41) is 0. The second kappa shape index (κ2) is 6.14. The Morgan fingerprint density at radius 3 is 2.28 bits per heavy atom. The number of hydrogen-bond donors (Lipinski definition) is 2. The molecule has 0 bridgehead atoms. The van der Waals surface area contributed by atoms with Crippen LogP contribution >= 0.6 is 0 Å². The number of benzene rings is 1. The van der Waals surface area contributed by atoms with Gasteiger partial charge in [-0.05, 0) is 32.0 Å². The second-order valence-corrected chi connectivity index (χ2v) is 4.24. The minimum atomic E-state index is 0.109. The molecular weight excluding hydrogens is 228 g/mol. The van der Waals surface area contributed by atoms with Crippen LogP contribution < -0.4 is 16.4 Å². The van der Waals surface area contributed by atoms with Gasteiger partial charge < -0.3 is 21.3 Å². The highest BCUT2D eigenvalue weighted by molar-refractivity contribution is 5.82. The van der Waals surface area contributed by atoms with Crippen molar-refractivity contribution >= 4 is 23.0 Å². The Labute approximate surface area is 108 Å². The molecule has 1 amide bonds. The van der Waals surface area contributed by atoms with E-state index in [0.29, 0.717) is 17.9 Å². The van der Waals surface area contributed by atoms with Crippen LogP contribution in [0.1, 0.15) is 13.8 Å². The Morgan fingerprint density at radius 2 is 1.78 bits per heavy atom. The first-order valence-corrected chi connectivity index (χ1v) is 6.13. The number of likely N-dealkylation sites (N-methyl/N-ethyl adjacent to an activating group) is 2. The number of carbonyl (C=O) groups excluding carboxylic acids is 1. The van der Waals surface area contributed by atoms with Crippen LogP contribution in [0.15, 0.2) is 18.2 Å². The summed E-state index contributed by atoms with van der Waals surface area (Å²) in [5.41, 5.74) is 13.4. The fourth-order valence-corrected chi connectivity index (χ4v) is 1.77. The smallest absolute Gasteiger partial charge is 0.242 e. The predicted molar refractivity (Wildman–Crippen MR) is 76.5 cm³/mol. The number of anilines is 3. The second-order valence-electron chi connectivity index (χ2n) is 4.24. The number of nitrogens with zero attached hydrogens (tertiary/aromatic N) is 2. The Morgan fingerprint density at radius 1 is 1.17 bits per heavy atom. The molecule has 0 spiro atoms. The van der Waals surface area contributed by atoms with E-state index < -0.39 is 0 Å². The van der Waals surface area contributed by atoms with E-state index in [1.54, 1.807) is 17.0 Å². The van der Waals surface area contributed by atoms with E-state index in [1.807, 2.05) is 31.9 Å². The van der Waals surface area contributed by atoms with Crippen LogP contribution in [0.25, 0.3) is 0 Å². The van der Waals surface area contributed by atoms with Crippen LogP contribution in [0.5, 0.6) is 0 Å². The van der Waals surface area contributed by atoms with Crippen molar-refractivity contribution in [3.8, 4) is 0 Å². The summed E-state index contributed by atoms with van der Waals surface area (Å²) in [7, 11) is 1.87. The number of carbonyl (C=O) groups is 1. The van der Waals surface area contributed by atoms with E-state index in [1.165, 1.54) is 0 Å². The van der Waals surface area contributed by atoms with Gasteiger partial charge in [0.15, 0.2) is 0 Å². The molecule has 5 nitrogen and oxygen atoms in total. The Kier molecular flexibility index (Phi) is 4.83. The van der Waals surface area contributed by atoms with Crippen LogP contribution in [-0.4, -0.2) is 37.5 Å². The molecule has 0 heterocycles. The van der Waals surface area contributed by atoms with Crippen LogP contribution in [0.3, 0.4) is 0 Å². The van der Waals surface area contributed by atoms with Gasteiger partial charge in [-0.25, -0.2) is 0 Å². The van der Waals surface area contributed by atoms with E-state index in [0.717, 1.165) is 18.8 Å². The molecule has 0 radical (unpaired) electrons. The van der Waals surface area contributed by atoms with Gasteiger partial charge in [0.25, 0.3) is 0 Å². The number of nitrogen functional groups attached to an aromatic ring is 2. The quantitative estimate of drug-likeness (QED) is 0.769. The van der Waals surface area contributed by atoms with Gasteiger partial charge in [-0.15, -0.1) is 0 Å². The molecule has 5 heteroatoms. The highest BCUT2D eigenvalue weighted by atomic mass is 16.2. The van der Waals surface area contributed by atoms with Crippen molar-refractivity contribution in [3.05, 3.63) is 18.2 Å². The molecule has 18 heavy (non-hydrogen) atoms. The van der Waals surface area contributed by atoms with Crippen molar-refractivity contribution in [2.45, 2.75) is 13.8 Å². The SMILES string of the molecule is CCN(CC)C(=O)CN(C)c1ccc(N)c(N)c1. The maximum Gasteiger partial charge on any atom is 0.242 e. The number of amides is 1. The van der Waals surface area contributed by atoms with E-state index in [2.05, 4.69) is 0 Å². The third-order valence-corrected chi connectivity index (χ3v) is 3.00. The molecule has 100 valence electrons. The number of nitrogens with two attached hydrogens (primary N) is 2. The van der Waals surface area contributed by atoms with E-state index in [-0.39, 0.29) is 5.91 Å². The summed E-state index contributed by atoms with van der Waals surface area (Å²) in [6.07, 6.45) is 0. The van der Waals surface area contributed by atoms with Gasteiger partial charge in [-0.2, -0.15) is 0 Å². The van der Waals surface area contributed by atoms with Gasteiger partial charge >= 0.3 is 0 Å². The minimum Gasteiger partial charge on any atom is -0.397 e. The summed E-state index contributed by atoms with van der Waals surface area (Å²) < 4.78 is 0. The summed E-state index contributed by atoms with van der Waals surface area (Å²) in [6.45, 7) is 5.75. The summed E-state index contributed by atoms with van der Waals surface area (Å²) in [6, 6.07) is 5.40. The van der Waals surface area contributed by atoms with Crippen molar-refractivity contribution in [1.82, 2.24) is 4.90 Å². The fraction of sp³-hybridized carbons (Fsp3) is 0.462. The molecule has 0 unspecified atom stereocenters. The summed E-state index contributed by atoms with van der Waals surface area (Å²) >= 11 is 0. The molecule has 1 aromatic rings. The first kappa shape index (κ1) is 14.2. The molecule has 0 saturated carbocycles. The molecule has 0 saturated heterocycles. The van der Waals surface area contributed by atoms with Crippen LogP contribution in [0.2, 0.25) is 0 Å². The molecule has 4 N–H and O–H groups in total. The van der Waals surface area contributed by atoms with Crippen LogP contribution in [0, 0.1) is 0 Å². The Hall–Kier alpha value is -1.91. The molecule has 0 aliphatic heterocycles. The lowest BCUT2D eigenvalue weighted by molar-refractivity contribution is -0.129. The number of hydrogen-bond acceptors (Lipinski definition) is 4. The third-order valence-electron chi connectivity index (χ3n) is 3.00. The maximum absolute atomic E-state index is 12.0. The Balaban J connectivity index is 2.73. The van der Waals surface area contributed by atoms with Crippen molar-refractivity contribution in [3.63, 3.8) is 0 Å². The average molecular weight is 250 g/mol. The molecule has 0 aromatic heterocycles. The van der Waals surface area contributed by atoms with Gasteiger partial charge in [-0.3, -0.25) is 4.79 Å². The van der Waals surface area contributed by atoms with Gasteiger partial charge in [0.05, 0.1) is 17.9 Å². The Bertz CT molecular complexity index is 415. The molecular formula is C13H22N4O. The van der Waals surface area contributed by atoms with Gasteiger partial charge in [0.1, 0.15) is 0 Å². The molecule has 1 aromatic carbocycles. The first-order valence-electron chi connectivity index (χ1n) is 6.13. The lowest BCUT2D eigenvalue weighted by Crippen LogP contribution is -2.38. The van der Waals surface area contributed by atoms with Crippen molar-refractivity contribution in [1.29, 1.82) is 0 Å². The zero-order chi connectivity index (χ0) is 13.7. The van der Waals surface area contributed by atoms with Gasteiger partial charge in [-0.1, -0.05) is 0 Å². The van der Waals surface area contributed by atoms with E-state index in [9.17, 15) is 4.79 Å². The molecule has 0 aliphatic carbocycles. The zero-order valence-corrected chi connectivity index (χ0v) is 11.3. The zero-order valence-electron chi connectivity index (χ0n) is 11.3. The van der Waals surface area contributed by atoms with Crippen molar-refractivity contribution in [2.24, 2.45) is 0 Å². The van der Waals surface area contributed by atoms with E-state index in [4.69, 9.17) is 11.5 Å². The summed E-state index contributed by atoms with van der Waals surface area (Å²) in [4.78, 5) is 15.6. The number of rotatable bonds is 5. The van der Waals surface area contributed by atoms with E-state index >= 15 is 0 Å². The van der Waals surface area contributed by atoms with Gasteiger partial charge in [0.2, 0.25) is 5.91 Å². The summed E-state index contributed by atoms with van der Waals surface area (Å²) in [5.74, 6) is 0.109. The normalized spacial score (nSPS) is 10.2. The lowest BCUT2D eigenvalue weighted by atomic mass is 10.2. The third kappa shape index (κ3) is 3.29. The van der Waals surface area contributed by atoms with Crippen molar-refractivity contribution in [2.75, 3.05) is 43.0 Å². The average Bonchev–Trinajstić information content (AvgIpc) is 2.34. The van der Waals surface area contributed by atoms with Gasteiger partial charge in [0, 0.05) is 25.8 Å². The maximum atomic E-state index is 12.0. The highest BCUT2D eigenvalue weighted by Gasteiger charge is 2.13. The van der Waals surface area contributed by atoms with Crippen molar-refractivity contribution < 1.29 is 4.79 Å². The largest absolute Gasteiger partial charge is 0.397 e. The van der Waals surface area contributed by atoms with Crippen LogP contribution in [-0.2, 0) is 4.79 Å². The topological polar surface area (TPSA) is 75.6 Å². The highest BCUT2D eigenvalue weighted by Crippen LogP contribution is 2.22. The standard InChI is InChI=1S/C13H22N4O/c1-4-17(5-2)13(18)9-16(3)10-6-7-11(14)12(15)8-10/h6-8H,4-5,9,14-15H2,1-3H3. The fourth-order valence-electron chi connectivity index (χ4n) is 1.77. The first-order chi connectivity index (χ1) is 8.49. The molecule has 0 atom stereocenters. The lowest BCUT2D eigenvalue weighted by Gasteiger charge is -2.24.